The summed E-state index contributed by atoms with van der Waals surface area (Å²) in [5.74, 6) is 2.04. The summed E-state index contributed by atoms with van der Waals surface area (Å²) in [4.78, 5) is 23.6. The molecule has 0 aliphatic carbocycles. The number of likely N-dealkylation sites (N-methyl/N-ethyl adjacent to an activating group) is 1. The van der Waals surface area contributed by atoms with Crippen LogP contribution in [0.4, 0.5) is 5.82 Å². The number of hydrogen-bond donors (Lipinski definition) is 0. The van der Waals surface area contributed by atoms with Crippen LogP contribution in [0.15, 0.2) is 44.6 Å². The minimum Gasteiger partial charge on any atom is -0.462 e. The molecule has 1 aliphatic rings. The van der Waals surface area contributed by atoms with Crippen LogP contribution in [0.3, 0.4) is 0 Å². The van der Waals surface area contributed by atoms with Gasteiger partial charge in [0.15, 0.2) is 11.0 Å². The maximum Gasteiger partial charge on any atom is 0.266 e. The van der Waals surface area contributed by atoms with Crippen molar-refractivity contribution in [3.8, 4) is 0 Å². The SMILES string of the molecule is CCN1C(=O)/C(=C\c2ccc(C)o2)S/C1=N/c1cccc(C)n1. The number of carbonyl (C=O) groups excluding carboxylic acids is 1. The second-order valence-corrected chi connectivity index (χ2v) is 6.15. The van der Waals surface area contributed by atoms with Gasteiger partial charge in [0.2, 0.25) is 0 Å². The van der Waals surface area contributed by atoms with Crippen LogP contribution < -0.4 is 0 Å². The highest BCUT2D eigenvalue weighted by Gasteiger charge is 2.32. The number of carbonyl (C=O) groups is 1. The van der Waals surface area contributed by atoms with Gasteiger partial charge < -0.3 is 4.42 Å². The van der Waals surface area contributed by atoms with E-state index >= 15 is 0 Å². The molecule has 1 amide bonds. The Kier molecular flexibility index (Phi) is 4.34. The van der Waals surface area contributed by atoms with E-state index in [1.54, 1.807) is 11.0 Å². The second-order valence-electron chi connectivity index (χ2n) is 5.14. The van der Waals surface area contributed by atoms with Gasteiger partial charge in [-0.1, -0.05) is 6.07 Å². The summed E-state index contributed by atoms with van der Waals surface area (Å²) in [5.41, 5.74) is 0.894. The number of amidine groups is 1. The fourth-order valence-electron chi connectivity index (χ4n) is 2.22. The molecular formula is C17H17N3O2S. The predicted octanol–water partition coefficient (Wildman–Crippen LogP) is 3.92. The average Bonchev–Trinajstić information content (AvgIpc) is 3.04. The molecule has 1 saturated heterocycles. The quantitative estimate of drug-likeness (QED) is 0.802. The van der Waals surface area contributed by atoms with E-state index < -0.39 is 0 Å². The molecule has 0 radical (unpaired) electrons. The molecular weight excluding hydrogens is 310 g/mol. The largest absolute Gasteiger partial charge is 0.462 e. The molecule has 0 saturated carbocycles. The van der Waals surface area contributed by atoms with Crippen molar-refractivity contribution in [2.24, 2.45) is 4.99 Å². The molecule has 6 heteroatoms. The fourth-order valence-corrected chi connectivity index (χ4v) is 3.25. The Morgan fingerprint density at radius 3 is 2.78 bits per heavy atom. The van der Waals surface area contributed by atoms with E-state index in [-0.39, 0.29) is 5.91 Å². The Morgan fingerprint density at radius 1 is 1.30 bits per heavy atom. The van der Waals surface area contributed by atoms with E-state index in [1.165, 1.54) is 11.8 Å². The Labute approximate surface area is 139 Å². The first-order valence-electron chi connectivity index (χ1n) is 7.37. The number of rotatable bonds is 3. The first kappa shape index (κ1) is 15.6. The third-order valence-corrected chi connectivity index (χ3v) is 4.33. The van der Waals surface area contributed by atoms with Gasteiger partial charge in [-0.2, -0.15) is 0 Å². The van der Waals surface area contributed by atoms with Gasteiger partial charge >= 0.3 is 0 Å². The van der Waals surface area contributed by atoms with E-state index in [4.69, 9.17) is 4.42 Å². The number of thioether (sulfide) groups is 1. The second kappa shape index (κ2) is 6.42. The molecule has 1 fully saturated rings. The molecule has 2 aromatic rings. The molecule has 0 unspecified atom stereocenters. The Bertz CT molecular complexity index is 808. The van der Waals surface area contributed by atoms with Crippen LogP contribution in [-0.4, -0.2) is 27.5 Å². The molecule has 1 aliphatic heterocycles. The smallest absolute Gasteiger partial charge is 0.266 e. The highest BCUT2D eigenvalue weighted by atomic mass is 32.2. The van der Waals surface area contributed by atoms with E-state index in [0.29, 0.717) is 28.2 Å². The van der Waals surface area contributed by atoms with Crippen LogP contribution in [0.1, 0.15) is 24.1 Å². The summed E-state index contributed by atoms with van der Waals surface area (Å²) in [5, 5.41) is 0.644. The van der Waals surface area contributed by atoms with Gasteiger partial charge in [-0.05, 0) is 56.8 Å². The molecule has 5 nitrogen and oxygen atoms in total. The van der Waals surface area contributed by atoms with Crippen molar-refractivity contribution in [3.63, 3.8) is 0 Å². The Hall–Kier alpha value is -2.34. The molecule has 0 aromatic carbocycles. The molecule has 0 atom stereocenters. The molecule has 3 rings (SSSR count). The summed E-state index contributed by atoms with van der Waals surface area (Å²) in [6, 6.07) is 9.38. The number of aliphatic imine (C=N–C) groups is 1. The lowest BCUT2D eigenvalue weighted by Gasteiger charge is -2.11. The maximum atomic E-state index is 12.5. The third-order valence-electron chi connectivity index (χ3n) is 3.32. The number of amides is 1. The topological polar surface area (TPSA) is 58.7 Å². The highest BCUT2D eigenvalue weighted by Crippen LogP contribution is 2.33. The van der Waals surface area contributed by atoms with Crippen molar-refractivity contribution in [1.29, 1.82) is 0 Å². The van der Waals surface area contributed by atoms with Crippen molar-refractivity contribution in [3.05, 3.63) is 52.5 Å². The van der Waals surface area contributed by atoms with Crippen LogP contribution in [0.5, 0.6) is 0 Å². The summed E-state index contributed by atoms with van der Waals surface area (Å²) in [7, 11) is 0. The third kappa shape index (κ3) is 3.37. The minimum atomic E-state index is -0.0574. The molecule has 0 N–H and O–H groups in total. The van der Waals surface area contributed by atoms with Crippen LogP contribution >= 0.6 is 11.8 Å². The van der Waals surface area contributed by atoms with Crippen molar-refractivity contribution >= 4 is 34.7 Å². The predicted molar refractivity (Wildman–Crippen MR) is 92.5 cm³/mol. The van der Waals surface area contributed by atoms with E-state index in [0.717, 1.165) is 11.5 Å². The van der Waals surface area contributed by atoms with Gasteiger partial charge in [0.25, 0.3) is 5.91 Å². The van der Waals surface area contributed by atoms with Crippen molar-refractivity contribution in [2.75, 3.05) is 6.54 Å². The number of hydrogen-bond acceptors (Lipinski definition) is 5. The van der Waals surface area contributed by atoms with E-state index in [9.17, 15) is 4.79 Å². The van der Waals surface area contributed by atoms with Crippen molar-refractivity contribution < 1.29 is 9.21 Å². The zero-order valence-corrected chi connectivity index (χ0v) is 14.1. The van der Waals surface area contributed by atoms with Gasteiger partial charge in [-0.15, -0.1) is 0 Å². The fraction of sp³-hybridized carbons (Fsp3) is 0.235. The Balaban J connectivity index is 1.93. The highest BCUT2D eigenvalue weighted by molar-refractivity contribution is 8.18. The van der Waals surface area contributed by atoms with Crippen molar-refractivity contribution in [2.45, 2.75) is 20.8 Å². The zero-order valence-electron chi connectivity index (χ0n) is 13.2. The number of furan rings is 1. The maximum absolute atomic E-state index is 12.5. The molecule has 3 heterocycles. The van der Waals surface area contributed by atoms with Crippen molar-refractivity contribution in [1.82, 2.24) is 9.88 Å². The first-order chi connectivity index (χ1) is 11.1. The lowest BCUT2D eigenvalue weighted by Crippen LogP contribution is -2.28. The van der Waals surface area contributed by atoms with Crippen LogP contribution in [0.25, 0.3) is 6.08 Å². The minimum absolute atomic E-state index is 0.0574. The first-order valence-corrected chi connectivity index (χ1v) is 8.18. The molecule has 118 valence electrons. The lowest BCUT2D eigenvalue weighted by molar-refractivity contribution is -0.122. The van der Waals surface area contributed by atoms with Crippen LogP contribution in [0.2, 0.25) is 0 Å². The lowest BCUT2D eigenvalue weighted by atomic mass is 10.3. The van der Waals surface area contributed by atoms with Crippen LogP contribution in [-0.2, 0) is 4.79 Å². The van der Waals surface area contributed by atoms with E-state index in [1.807, 2.05) is 51.1 Å². The standard InChI is InChI=1S/C17H17N3O2S/c1-4-20-16(21)14(10-13-9-8-12(3)22-13)23-17(20)19-15-7-5-6-11(2)18-15/h5-10H,4H2,1-3H3/b14-10+,19-17+. The van der Waals surface area contributed by atoms with E-state index in [2.05, 4.69) is 9.98 Å². The average molecular weight is 327 g/mol. The van der Waals surface area contributed by atoms with Gasteiger partial charge in [0, 0.05) is 18.3 Å². The van der Waals surface area contributed by atoms with Gasteiger partial charge in [-0.3, -0.25) is 9.69 Å². The van der Waals surface area contributed by atoms with Gasteiger partial charge in [-0.25, -0.2) is 9.98 Å². The zero-order chi connectivity index (χ0) is 16.4. The van der Waals surface area contributed by atoms with Crippen LogP contribution in [0, 0.1) is 13.8 Å². The Morgan fingerprint density at radius 2 is 2.13 bits per heavy atom. The summed E-state index contributed by atoms with van der Waals surface area (Å²) < 4.78 is 5.52. The number of pyridine rings is 1. The van der Waals surface area contributed by atoms with Gasteiger partial charge in [0.05, 0.1) is 4.91 Å². The molecule has 0 spiro atoms. The number of nitrogens with zero attached hydrogens (tertiary/aromatic N) is 3. The summed E-state index contributed by atoms with van der Waals surface area (Å²) >= 11 is 1.34. The molecule has 2 aromatic heterocycles. The molecule has 0 bridgehead atoms. The number of aryl methyl sites for hydroxylation is 2. The monoisotopic (exact) mass is 327 g/mol. The molecule has 23 heavy (non-hydrogen) atoms. The summed E-state index contributed by atoms with van der Waals surface area (Å²) in [6.07, 6.45) is 1.76. The van der Waals surface area contributed by atoms with Gasteiger partial charge in [0.1, 0.15) is 11.5 Å². The number of aromatic nitrogens is 1. The summed E-state index contributed by atoms with van der Waals surface area (Å²) in [6.45, 7) is 6.28. The normalized spacial score (nSPS) is 18.4.